The van der Waals surface area contributed by atoms with Crippen molar-refractivity contribution in [2.75, 3.05) is 7.11 Å². The predicted molar refractivity (Wildman–Crippen MR) is 120 cm³/mol. The Morgan fingerprint density at radius 3 is 2.39 bits per heavy atom. The van der Waals surface area contributed by atoms with E-state index in [-0.39, 0.29) is 11.1 Å². The van der Waals surface area contributed by atoms with Crippen molar-refractivity contribution in [2.24, 2.45) is 10.2 Å². The van der Waals surface area contributed by atoms with Gasteiger partial charge in [-0.1, -0.05) is 34.9 Å². The first-order valence-electron chi connectivity index (χ1n) is 9.54. The molecule has 1 aliphatic heterocycles. The molecule has 8 nitrogen and oxygen atoms in total. The number of carbonyl (C=O) groups is 1. The summed E-state index contributed by atoms with van der Waals surface area (Å²) in [5, 5.41) is 12.1. The largest absolute Gasteiger partial charge is 0.291 e. The van der Waals surface area contributed by atoms with Crippen molar-refractivity contribution < 1.29 is 13.2 Å². The second-order valence-corrected chi connectivity index (χ2v) is 8.84. The molecule has 2 unspecified atom stereocenters. The summed E-state index contributed by atoms with van der Waals surface area (Å²) < 4.78 is 12.4. The first-order valence-corrected chi connectivity index (χ1v) is 11.0. The summed E-state index contributed by atoms with van der Waals surface area (Å²) >= 11 is 0. The van der Waals surface area contributed by atoms with E-state index in [2.05, 4.69) is 25.5 Å². The van der Waals surface area contributed by atoms with E-state index >= 15 is 0 Å². The number of benzene rings is 1. The smallest absolute Gasteiger partial charge is 0.257 e. The van der Waals surface area contributed by atoms with Gasteiger partial charge in [0.25, 0.3) is 5.91 Å². The number of aromatic nitrogens is 2. The molecule has 2 aromatic heterocycles. The Bertz CT molecular complexity index is 1110. The quantitative estimate of drug-likeness (QED) is 0.631. The topological polar surface area (TPSA) is 98.1 Å². The standard InChI is InChI=1S/C22H21N5O3S/c1-16(19-10-6-7-13-24-19)30-31(29-2)21(18-11-14-23-15-12-18)26-27-22(31)25-20(28)17-8-4-3-5-9-17/h3-16H,1-2H3,(H,25,27,28). The van der Waals surface area contributed by atoms with E-state index in [9.17, 15) is 4.79 Å². The molecule has 0 radical (unpaired) electrons. The molecular formula is C22H21N5O3S. The van der Waals surface area contributed by atoms with Gasteiger partial charge in [0.1, 0.15) is 6.10 Å². The van der Waals surface area contributed by atoms with Crippen LogP contribution in [0, 0.1) is 0 Å². The zero-order chi connectivity index (χ0) is 21.7. The normalized spacial score (nSPS) is 20.8. The molecule has 0 aliphatic carbocycles. The first kappa shape index (κ1) is 20.9. The summed E-state index contributed by atoms with van der Waals surface area (Å²) in [6.45, 7) is 1.87. The molecule has 31 heavy (non-hydrogen) atoms. The van der Waals surface area contributed by atoms with E-state index < -0.39 is 16.7 Å². The second kappa shape index (κ2) is 9.17. The Morgan fingerprint density at radius 2 is 1.71 bits per heavy atom. The molecule has 0 spiro atoms. The summed E-state index contributed by atoms with van der Waals surface area (Å²) in [6.07, 6.45) is 4.56. The number of hydrogen-bond acceptors (Lipinski definition) is 7. The molecule has 1 aromatic carbocycles. The molecule has 9 heteroatoms. The minimum absolute atomic E-state index is 0.221. The molecule has 1 amide bonds. The molecule has 0 fully saturated rings. The molecule has 1 N–H and O–H groups in total. The molecule has 2 atom stereocenters. The highest BCUT2D eigenvalue weighted by Crippen LogP contribution is 2.58. The zero-order valence-corrected chi connectivity index (χ0v) is 17.8. The van der Waals surface area contributed by atoms with Crippen LogP contribution in [0.4, 0.5) is 0 Å². The lowest BCUT2D eigenvalue weighted by Gasteiger charge is -2.40. The van der Waals surface area contributed by atoms with Gasteiger partial charge >= 0.3 is 0 Å². The van der Waals surface area contributed by atoms with Gasteiger partial charge < -0.3 is 0 Å². The van der Waals surface area contributed by atoms with Crippen LogP contribution < -0.4 is 5.32 Å². The number of nitrogens with one attached hydrogen (secondary N) is 1. The van der Waals surface area contributed by atoms with Crippen molar-refractivity contribution in [2.45, 2.75) is 13.0 Å². The number of carbonyl (C=O) groups excluding carboxylic acids is 1. The van der Waals surface area contributed by atoms with E-state index in [1.807, 2.05) is 31.2 Å². The highest BCUT2D eigenvalue weighted by molar-refractivity contribution is 8.49. The molecule has 1 aliphatic rings. The summed E-state index contributed by atoms with van der Waals surface area (Å²) in [4.78, 5) is 21.3. The Hall–Kier alpha value is -3.40. The third-order valence-corrected chi connectivity index (χ3v) is 7.09. The van der Waals surface area contributed by atoms with E-state index in [0.717, 1.165) is 11.3 Å². The maximum atomic E-state index is 12.8. The van der Waals surface area contributed by atoms with Crippen LogP contribution in [0.25, 0.3) is 0 Å². The third kappa shape index (κ3) is 4.24. The van der Waals surface area contributed by atoms with E-state index in [4.69, 9.17) is 8.37 Å². The number of amides is 1. The number of pyridine rings is 2. The molecule has 4 rings (SSSR count). The van der Waals surface area contributed by atoms with Gasteiger partial charge in [-0.05, 0) is 43.3 Å². The van der Waals surface area contributed by atoms with Crippen molar-refractivity contribution in [1.82, 2.24) is 15.3 Å². The third-order valence-electron chi connectivity index (χ3n) is 4.54. The maximum absolute atomic E-state index is 12.8. The van der Waals surface area contributed by atoms with Crippen LogP contribution in [0.15, 0.2) is 89.5 Å². The summed E-state index contributed by atoms with van der Waals surface area (Å²) in [5.74, 6) is -0.325. The molecule has 0 saturated heterocycles. The fourth-order valence-electron chi connectivity index (χ4n) is 3.01. The molecule has 3 aromatic rings. The van der Waals surface area contributed by atoms with Crippen LogP contribution >= 0.6 is 10.6 Å². The Labute approximate surface area is 181 Å². The SMILES string of the molecule is COS1(OC(C)c2ccccn2)C(NC(=O)c2ccccc2)=NN=C1c1ccncc1. The van der Waals surface area contributed by atoms with Gasteiger partial charge in [0.2, 0.25) is 5.17 Å². The van der Waals surface area contributed by atoms with Crippen molar-refractivity contribution in [1.29, 1.82) is 0 Å². The number of amidine groups is 1. The van der Waals surface area contributed by atoms with Gasteiger partial charge in [0, 0.05) is 29.7 Å². The van der Waals surface area contributed by atoms with Crippen LogP contribution in [0.1, 0.15) is 34.6 Å². The van der Waals surface area contributed by atoms with Crippen LogP contribution in [-0.2, 0) is 8.37 Å². The Balaban J connectivity index is 1.69. The summed E-state index contributed by atoms with van der Waals surface area (Å²) in [5.41, 5.74) is 1.96. The van der Waals surface area contributed by atoms with Crippen molar-refractivity contribution >= 4 is 26.7 Å². The fraction of sp³-hybridized carbons (Fsp3) is 0.136. The van der Waals surface area contributed by atoms with Gasteiger partial charge in [0.15, 0.2) is 5.04 Å². The van der Waals surface area contributed by atoms with E-state index in [0.29, 0.717) is 10.6 Å². The molecule has 0 saturated carbocycles. The second-order valence-electron chi connectivity index (χ2n) is 6.53. The molecule has 0 bridgehead atoms. The fourth-order valence-corrected chi connectivity index (χ4v) is 5.24. The van der Waals surface area contributed by atoms with Gasteiger partial charge in [-0.2, -0.15) is 0 Å². The monoisotopic (exact) mass is 435 g/mol. The molecule has 3 heterocycles. The lowest BCUT2D eigenvalue weighted by atomic mass is 10.2. The predicted octanol–water partition coefficient (Wildman–Crippen LogP) is 4.00. The Morgan fingerprint density at radius 1 is 0.968 bits per heavy atom. The minimum atomic E-state index is -2.68. The molecule has 158 valence electrons. The van der Waals surface area contributed by atoms with Crippen molar-refractivity contribution in [3.63, 3.8) is 0 Å². The van der Waals surface area contributed by atoms with Gasteiger partial charge in [-0.3, -0.25) is 28.4 Å². The van der Waals surface area contributed by atoms with E-state index in [1.54, 1.807) is 55.0 Å². The lowest BCUT2D eigenvalue weighted by Crippen LogP contribution is -2.37. The van der Waals surface area contributed by atoms with Gasteiger partial charge in [-0.15, -0.1) is 10.2 Å². The average Bonchev–Trinajstić information content (AvgIpc) is 3.18. The van der Waals surface area contributed by atoms with Crippen molar-refractivity contribution in [3.05, 3.63) is 96.1 Å². The van der Waals surface area contributed by atoms with Crippen LogP contribution in [0.2, 0.25) is 0 Å². The Kier molecular flexibility index (Phi) is 6.17. The van der Waals surface area contributed by atoms with Gasteiger partial charge in [-0.25, -0.2) is 0 Å². The lowest BCUT2D eigenvalue weighted by molar-refractivity contribution is 0.0977. The van der Waals surface area contributed by atoms with E-state index in [1.165, 1.54) is 7.11 Å². The number of hydrogen-bond donors (Lipinski definition) is 1. The maximum Gasteiger partial charge on any atom is 0.257 e. The highest BCUT2D eigenvalue weighted by atomic mass is 32.3. The summed E-state index contributed by atoms with van der Waals surface area (Å²) in [7, 11) is -1.16. The average molecular weight is 436 g/mol. The van der Waals surface area contributed by atoms with Crippen LogP contribution in [0.3, 0.4) is 0 Å². The highest BCUT2D eigenvalue weighted by Gasteiger charge is 2.42. The zero-order valence-electron chi connectivity index (χ0n) is 17.0. The number of rotatable bonds is 6. The van der Waals surface area contributed by atoms with Crippen LogP contribution in [0.5, 0.6) is 0 Å². The minimum Gasteiger partial charge on any atom is -0.291 e. The summed E-state index contributed by atoms with van der Waals surface area (Å²) in [6, 6.07) is 18.0. The number of nitrogens with zero attached hydrogens (tertiary/aromatic N) is 4. The van der Waals surface area contributed by atoms with Gasteiger partial charge in [0.05, 0.1) is 12.8 Å². The first-order chi connectivity index (χ1) is 15.1. The van der Waals surface area contributed by atoms with Crippen LogP contribution in [-0.4, -0.2) is 33.2 Å². The molecular weight excluding hydrogens is 414 g/mol. The van der Waals surface area contributed by atoms with Crippen molar-refractivity contribution in [3.8, 4) is 0 Å².